The molecule has 0 aliphatic carbocycles. The van der Waals surface area contributed by atoms with Crippen LogP contribution in [0.5, 0.6) is 0 Å². The Balaban J connectivity index is 0. The Morgan fingerprint density at radius 2 is 1.42 bits per heavy atom. The molecule has 7 nitrogen and oxygen atoms in total. The third kappa shape index (κ3) is 10.7. The van der Waals surface area contributed by atoms with Gasteiger partial charge >= 0.3 is 6.16 Å². The molecule has 0 aliphatic rings. The van der Waals surface area contributed by atoms with Crippen LogP contribution in [0.15, 0.2) is 0 Å². The van der Waals surface area contributed by atoms with E-state index in [1.54, 1.807) is 0 Å². The molecule has 0 heterocycles. The predicted octanol–water partition coefficient (Wildman–Crippen LogP) is 1.64. The molecule has 0 rings (SSSR count). The van der Waals surface area contributed by atoms with Crippen LogP contribution in [0.4, 0.5) is 4.79 Å². The minimum atomic E-state index is -3.79. The van der Waals surface area contributed by atoms with Crippen molar-refractivity contribution in [2.75, 3.05) is 5.75 Å². The summed E-state index contributed by atoms with van der Waals surface area (Å²) >= 11 is 0. The Hall–Kier alpha value is -0.860. The zero-order valence-corrected chi connectivity index (χ0v) is 12.2. The Kier molecular flexibility index (Phi) is 10.8. The van der Waals surface area contributed by atoms with Crippen LogP contribution in [0, 0.1) is 0 Å². The molecule has 0 fully saturated rings. The van der Waals surface area contributed by atoms with E-state index in [1.807, 2.05) is 13.8 Å². The van der Waals surface area contributed by atoms with Crippen molar-refractivity contribution < 1.29 is 33.6 Å². The summed E-state index contributed by atoms with van der Waals surface area (Å²) < 4.78 is 23.1. The van der Waals surface area contributed by atoms with E-state index in [4.69, 9.17) is 15.0 Å². The van der Waals surface area contributed by atoms with Gasteiger partial charge in [0.25, 0.3) is 5.12 Å². The fraction of sp³-hybridized carbons (Fsp3) is 0.909. The molecule has 0 atom stereocenters. The minimum absolute atomic E-state index is 0.0992. The molecule has 0 aliphatic heterocycles. The second-order valence-corrected chi connectivity index (χ2v) is 6.45. The molecule has 0 radical (unpaired) electrons. The lowest BCUT2D eigenvalue weighted by Gasteiger charge is -2.21. The van der Waals surface area contributed by atoms with Crippen molar-refractivity contribution in [3.8, 4) is 0 Å². The molecule has 0 amide bonds. The predicted molar refractivity (Wildman–Crippen MR) is 70.7 cm³/mol. The average molecular weight is 300 g/mol. The summed E-state index contributed by atoms with van der Waals surface area (Å²) in [6, 6.07) is 0. The Labute approximate surface area is 113 Å². The Morgan fingerprint density at radius 3 is 1.79 bits per heavy atom. The van der Waals surface area contributed by atoms with Gasteiger partial charge in [0.05, 0.1) is 5.75 Å². The summed E-state index contributed by atoms with van der Waals surface area (Å²) in [6.45, 7) is 3.84. The molecule has 19 heavy (non-hydrogen) atoms. The fourth-order valence-corrected chi connectivity index (χ4v) is 2.63. The highest BCUT2D eigenvalue weighted by Gasteiger charge is 2.38. The number of rotatable bonds is 8. The number of aliphatic hydroxyl groups is 2. The van der Waals surface area contributed by atoms with Gasteiger partial charge in [0.15, 0.2) is 0 Å². The van der Waals surface area contributed by atoms with Crippen LogP contribution in [0.2, 0.25) is 0 Å². The molecule has 0 aromatic heterocycles. The van der Waals surface area contributed by atoms with Crippen LogP contribution in [0.3, 0.4) is 0 Å². The van der Waals surface area contributed by atoms with E-state index in [0.717, 1.165) is 19.3 Å². The molecule has 8 heteroatoms. The molecule has 0 unspecified atom stereocenters. The summed E-state index contributed by atoms with van der Waals surface area (Å²) in [5, 5.41) is 30.3. The maximum atomic E-state index is 11.5. The first-order valence-electron chi connectivity index (χ1n) is 6.19. The lowest BCUT2D eigenvalue weighted by atomic mass is 10.2. The van der Waals surface area contributed by atoms with Gasteiger partial charge in [-0.2, -0.15) is 0 Å². The topological polar surface area (TPSA) is 132 Å². The van der Waals surface area contributed by atoms with E-state index in [-0.39, 0.29) is 12.2 Å². The molecule has 4 N–H and O–H groups in total. The smallest absolute Gasteiger partial charge is 0.450 e. The number of hydrogen-bond acceptors (Lipinski definition) is 5. The van der Waals surface area contributed by atoms with Gasteiger partial charge in [0.2, 0.25) is 9.84 Å². The van der Waals surface area contributed by atoms with Crippen molar-refractivity contribution >= 4 is 16.0 Å². The molecule has 0 saturated heterocycles. The summed E-state index contributed by atoms with van der Waals surface area (Å²) in [7, 11) is -3.79. The van der Waals surface area contributed by atoms with Crippen molar-refractivity contribution in [2.45, 2.75) is 57.5 Å². The summed E-state index contributed by atoms with van der Waals surface area (Å²) in [5.74, 6) is -0.141. The standard InChI is InChI=1S/C10H22O4S.CH2O3/c1-3-5-7-9-15(13,14)10(11,12)8-6-4-2;2-1(3)4/h11-12H,3-9H2,1-2H3;(H2,2,3,4). The number of sulfone groups is 1. The highest BCUT2D eigenvalue weighted by atomic mass is 32.2. The summed E-state index contributed by atoms with van der Waals surface area (Å²) in [5.41, 5.74) is 0. The minimum Gasteiger partial charge on any atom is -0.450 e. The van der Waals surface area contributed by atoms with Gasteiger partial charge in [-0.3, -0.25) is 0 Å². The number of unbranched alkanes of at least 4 members (excludes halogenated alkanes) is 3. The number of carboxylic acid groups (broad SMARTS) is 2. The maximum Gasteiger partial charge on any atom is 0.503 e. The van der Waals surface area contributed by atoms with Crippen LogP contribution >= 0.6 is 0 Å². The molecule has 0 aromatic carbocycles. The van der Waals surface area contributed by atoms with E-state index in [0.29, 0.717) is 12.8 Å². The molecule has 0 aromatic rings. The van der Waals surface area contributed by atoms with Crippen molar-refractivity contribution in [3.63, 3.8) is 0 Å². The van der Waals surface area contributed by atoms with Crippen LogP contribution in [-0.2, 0) is 9.84 Å². The van der Waals surface area contributed by atoms with Crippen molar-refractivity contribution in [1.29, 1.82) is 0 Å². The SMILES string of the molecule is CCCCCS(=O)(=O)C(O)(O)CCCC.O=C(O)O. The van der Waals surface area contributed by atoms with Crippen LogP contribution < -0.4 is 0 Å². The molecule has 0 spiro atoms. The molecule has 116 valence electrons. The largest absolute Gasteiger partial charge is 0.503 e. The lowest BCUT2D eigenvalue weighted by molar-refractivity contribution is -0.0911. The quantitative estimate of drug-likeness (QED) is 0.395. The number of hydrogen-bond donors (Lipinski definition) is 4. The summed E-state index contributed by atoms with van der Waals surface area (Å²) in [4.78, 5) is 8.56. The third-order valence-electron chi connectivity index (χ3n) is 2.37. The van der Waals surface area contributed by atoms with E-state index < -0.39 is 21.1 Å². The van der Waals surface area contributed by atoms with E-state index in [1.165, 1.54) is 0 Å². The average Bonchev–Trinajstić information content (AvgIpc) is 2.25. The second kappa shape index (κ2) is 9.99. The lowest BCUT2D eigenvalue weighted by Crippen LogP contribution is -2.39. The van der Waals surface area contributed by atoms with Gasteiger partial charge in [-0.25, -0.2) is 13.2 Å². The third-order valence-corrected chi connectivity index (χ3v) is 4.40. The molecular formula is C11H24O7S. The zero-order chi connectivity index (χ0) is 15.5. The Bertz CT molecular complexity index is 331. The fourth-order valence-electron chi connectivity index (χ4n) is 1.27. The van der Waals surface area contributed by atoms with Crippen LogP contribution in [0.1, 0.15) is 52.4 Å². The van der Waals surface area contributed by atoms with E-state index in [2.05, 4.69) is 0 Å². The van der Waals surface area contributed by atoms with Gasteiger partial charge < -0.3 is 20.4 Å². The van der Waals surface area contributed by atoms with Crippen molar-refractivity contribution in [2.24, 2.45) is 0 Å². The first-order valence-corrected chi connectivity index (χ1v) is 7.84. The first kappa shape index (κ1) is 20.5. The maximum absolute atomic E-state index is 11.5. The van der Waals surface area contributed by atoms with Gasteiger partial charge in [0.1, 0.15) is 0 Å². The van der Waals surface area contributed by atoms with E-state index in [9.17, 15) is 18.6 Å². The molecule has 0 saturated carbocycles. The zero-order valence-electron chi connectivity index (χ0n) is 11.4. The van der Waals surface area contributed by atoms with Crippen LogP contribution in [0.25, 0.3) is 0 Å². The number of carbonyl (C=O) groups is 1. The van der Waals surface area contributed by atoms with Gasteiger partial charge in [-0.1, -0.05) is 33.1 Å². The second-order valence-electron chi connectivity index (χ2n) is 4.16. The highest BCUT2D eigenvalue weighted by molar-refractivity contribution is 7.92. The first-order chi connectivity index (χ1) is 8.60. The normalized spacial score (nSPS) is 11.6. The van der Waals surface area contributed by atoms with Crippen molar-refractivity contribution in [3.05, 3.63) is 0 Å². The Morgan fingerprint density at radius 1 is 1.00 bits per heavy atom. The monoisotopic (exact) mass is 300 g/mol. The van der Waals surface area contributed by atoms with Gasteiger partial charge in [0, 0.05) is 6.42 Å². The van der Waals surface area contributed by atoms with Gasteiger partial charge in [-0.15, -0.1) is 0 Å². The molecule has 0 bridgehead atoms. The van der Waals surface area contributed by atoms with Crippen LogP contribution in [-0.4, -0.2) is 45.9 Å². The van der Waals surface area contributed by atoms with Gasteiger partial charge in [-0.05, 0) is 12.8 Å². The highest BCUT2D eigenvalue weighted by Crippen LogP contribution is 2.20. The molecular weight excluding hydrogens is 276 g/mol. The van der Waals surface area contributed by atoms with E-state index >= 15 is 0 Å². The summed E-state index contributed by atoms with van der Waals surface area (Å²) in [6.07, 6.45) is 1.51. The van der Waals surface area contributed by atoms with Crippen molar-refractivity contribution in [1.82, 2.24) is 0 Å².